The van der Waals surface area contributed by atoms with Crippen LogP contribution in [0.2, 0.25) is 15.1 Å². The van der Waals surface area contributed by atoms with Crippen LogP contribution in [0.25, 0.3) is 0 Å². The molecule has 1 aromatic rings. The minimum absolute atomic E-state index is 0.0808. The summed E-state index contributed by atoms with van der Waals surface area (Å²) in [4.78, 5) is 11.6. The summed E-state index contributed by atoms with van der Waals surface area (Å²) in [5.74, 6) is 0.487. The molecule has 0 atom stereocenters. The Morgan fingerprint density at radius 2 is 1.79 bits per heavy atom. The maximum Gasteiger partial charge on any atom is 0.239 e. The first-order valence-electron chi connectivity index (χ1n) is 6.05. The van der Waals surface area contributed by atoms with Crippen LogP contribution in [0.3, 0.4) is 0 Å². The molecule has 0 fully saturated rings. The van der Waals surface area contributed by atoms with Crippen LogP contribution in [0.15, 0.2) is 12.1 Å². The molecule has 0 heterocycles. The number of carbonyl (C=O) groups excluding carboxylic acids is 1. The third kappa shape index (κ3) is 5.89. The van der Waals surface area contributed by atoms with E-state index in [1.165, 1.54) is 0 Å². The number of nitrogens with one attached hydrogen (secondary N) is 2. The lowest BCUT2D eigenvalue weighted by Gasteiger charge is -2.11. The highest BCUT2D eigenvalue weighted by Crippen LogP contribution is 2.31. The summed E-state index contributed by atoms with van der Waals surface area (Å²) < 4.78 is 0. The number of amides is 1. The molecule has 2 N–H and O–H groups in total. The summed E-state index contributed by atoms with van der Waals surface area (Å²) in [7, 11) is 0. The Labute approximate surface area is 128 Å². The molecule has 1 aromatic carbocycles. The van der Waals surface area contributed by atoms with Gasteiger partial charge in [-0.05, 0) is 24.5 Å². The SMILES string of the molecule is CC(C)CCNC(=O)CNc1cc(Cl)c(Cl)cc1Cl. The second-order valence-electron chi connectivity index (χ2n) is 4.63. The van der Waals surface area contributed by atoms with Crippen LogP contribution < -0.4 is 10.6 Å². The smallest absolute Gasteiger partial charge is 0.239 e. The standard InChI is InChI=1S/C13H17Cl3N2O/c1-8(2)3-4-17-13(19)7-18-12-6-10(15)9(14)5-11(12)16/h5-6,8,18H,3-4,7H2,1-2H3,(H,17,19). The van der Waals surface area contributed by atoms with E-state index in [0.29, 0.717) is 33.2 Å². The molecule has 1 amide bonds. The van der Waals surface area contributed by atoms with Crippen LogP contribution in [-0.2, 0) is 4.79 Å². The van der Waals surface area contributed by atoms with Gasteiger partial charge in [0, 0.05) is 6.54 Å². The van der Waals surface area contributed by atoms with Gasteiger partial charge in [0.15, 0.2) is 0 Å². The van der Waals surface area contributed by atoms with E-state index >= 15 is 0 Å². The number of hydrogen-bond acceptors (Lipinski definition) is 2. The number of carbonyl (C=O) groups is 1. The van der Waals surface area contributed by atoms with Gasteiger partial charge in [0.05, 0.1) is 27.3 Å². The van der Waals surface area contributed by atoms with Gasteiger partial charge in [0.1, 0.15) is 0 Å². The molecule has 0 spiro atoms. The van der Waals surface area contributed by atoms with Crippen molar-refractivity contribution < 1.29 is 4.79 Å². The van der Waals surface area contributed by atoms with Gasteiger partial charge in [-0.1, -0.05) is 48.7 Å². The number of halogens is 3. The molecular weight excluding hydrogens is 307 g/mol. The van der Waals surface area contributed by atoms with E-state index in [0.717, 1.165) is 6.42 Å². The Morgan fingerprint density at radius 1 is 1.16 bits per heavy atom. The van der Waals surface area contributed by atoms with Crippen LogP contribution >= 0.6 is 34.8 Å². The number of hydrogen-bond donors (Lipinski definition) is 2. The molecule has 0 aliphatic rings. The van der Waals surface area contributed by atoms with E-state index in [4.69, 9.17) is 34.8 Å². The molecule has 0 saturated heterocycles. The van der Waals surface area contributed by atoms with Crippen LogP contribution in [0, 0.1) is 5.92 Å². The Balaban J connectivity index is 2.44. The summed E-state index contributed by atoms with van der Waals surface area (Å²) in [6.45, 7) is 5.04. The highest BCUT2D eigenvalue weighted by atomic mass is 35.5. The van der Waals surface area contributed by atoms with E-state index in [-0.39, 0.29) is 12.5 Å². The zero-order valence-corrected chi connectivity index (χ0v) is 13.2. The molecule has 0 bridgehead atoms. The predicted molar refractivity (Wildman–Crippen MR) is 82.4 cm³/mol. The van der Waals surface area contributed by atoms with Gasteiger partial charge in [-0.15, -0.1) is 0 Å². The minimum atomic E-state index is -0.0808. The molecule has 19 heavy (non-hydrogen) atoms. The lowest BCUT2D eigenvalue weighted by atomic mass is 10.1. The summed E-state index contributed by atoms with van der Waals surface area (Å²) >= 11 is 17.7. The third-order valence-corrected chi connectivity index (χ3v) is 3.53. The van der Waals surface area contributed by atoms with Crippen molar-refractivity contribution in [2.75, 3.05) is 18.4 Å². The molecule has 0 aromatic heterocycles. The normalized spacial score (nSPS) is 10.6. The summed E-state index contributed by atoms with van der Waals surface area (Å²) in [5, 5.41) is 6.98. The van der Waals surface area contributed by atoms with Gasteiger partial charge in [0.25, 0.3) is 0 Å². The average Bonchev–Trinajstić information content (AvgIpc) is 2.31. The van der Waals surface area contributed by atoms with Gasteiger partial charge in [-0.2, -0.15) is 0 Å². The maximum absolute atomic E-state index is 11.6. The quantitative estimate of drug-likeness (QED) is 0.770. The van der Waals surface area contributed by atoms with Crippen LogP contribution in [0.4, 0.5) is 5.69 Å². The Hall–Kier alpha value is -0.640. The fourth-order valence-corrected chi connectivity index (χ4v) is 2.01. The van der Waals surface area contributed by atoms with Crippen LogP contribution in [-0.4, -0.2) is 19.0 Å². The molecular formula is C13H17Cl3N2O. The fraction of sp³-hybridized carbons (Fsp3) is 0.462. The Morgan fingerprint density at radius 3 is 2.42 bits per heavy atom. The largest absolute Gasteiger partial charge is 0.375 e. The van der Waals surface area contributed by atoms with Gasteiger partial charge >= 0.3 is 0 Å². The fourth-order valence-electron chi connectivity index (χ4n) is 1.40. The molecule has 6 heteroatoms. The third-order valence-electron chi connectivity index (χ3n) is 2.49. The van der Waals surface area contributed by atoms with Gasteiger partial charge < -0.3 is 10.6 Å². The van der Waals surface area contributed by atoms with Crippen molar-refractivity contribution in [3.05, 3.63) is 27.2 Å². The van der Waals surface area contributed by atoms with E-state index < -0.39 is 0 Å². The predicted octanol–water partition coefficient (Wildman–Crippen LogP) is 4.22. The zero-order valence-electron chi connectivity index (χ0n) is 10.9. The Kier molecular flexibility index (Phi) is 6.76. The molecule has 1 rings (SSSR count). The molecule has 106 valence electrons. The number of benzene rings is 1. The van der Waals surface area contributed by atoms with Crippen molar-refractivity contribution in [1.82, 2.24) is 5.32 Å². The van der Waals surface area contributed by atoms with Gasteiger partial charge in [0.2, 0.25) is 5.91 Å². The number of rotatable bonds is 6. The van der Waals surface area contributed by atoms with E-state index in [1.807, 2.05) is 0 Å². The average molecular weight is 324 g/mol. The maximum atomic E-state index is 11.6. The van der Waals surface area contributed by atoms with Crippen molar-refractivity contribution in [2.24, 2.45) is 5.92 Å². The first-order chi connectivity index (χ1) is 8.90. The van der Waals surface area contributed by atoms with Crippen LogP contribution in [0.1, 0.15) is 20.3 Å². The first-order valence-corrected chi connectivity index (χ1v) is 7.18. The van der Waals surface area contributed by atoms with Crippen LogP contribution in [0.5, 0.6) is 0 Å². The van der Waals surface area contributed by atoms with Crippen molar-refractivity contribution in [2.45, 2.75) is 20.3 Å². The van der Waals surface area contributed by atoms with E-state index in [1.54, 1.807) is 12.1 Å². The topological polar surface area (TPSA) is 41.1 Å². The summed E-state index contributed by atoms with van der Waals surface area (Å²) in [5.41, 5.74) is 0.593. The minimum Gasteiger partial charge on any atom is -0.375 e. The molecule has 0 aliphatic heterocycles. The molecule has 3 nitrogen and oxygen atoms in total. The molecule has 0 saturated carbocycles. The highest BCUT2D eigenvalue weighted by molar-refractivity contribution is 6.44. The van der Waals surface area contributed by atoms with Gasteiger partial charge in [-0.25, -0.2) is 0 Å². The van der Waals surface area contributed by atoms with Crippen molar-refractivity contribution in [3.8, 4) is 0 Å². The lowest BCUT2D eigenvalue weighted by Crippen LogP contribution is -2.31. The molecule has 0 unspecified atom stereocenters. The molecule has 0 radical (unpaired) electrons. The zero-order chi connectivity index (χ0) is 14.4. The van der Waals surface area contributed by atoms with Crippen molar-refractivity contribution in [3.63, 3.8) is 0 Å². The Bertz CT molecular complexity index is 450. The van der Waals surface area contributed by atoms with Crippen molar-refractivity contribution >= 4 is 46.4 Å². The second kappa shape index (κ2) is 7.83. The lowest BCUT2D eigenvalue weighted by molar-refractivity contribution is -0.119. The van der Waals surface area contributed by atoms with E-state index in [9.17, 15) is 4.79 Å². The van der Waals surface area contributed by atoms with Gasteiger partial charge in [-0.3, -0.25) is 4.79 Å². The monoisotopic (exact) mass is 322 g/mol. The number of anilines is 1. The molecule has 0 aliphatic carbocycles. The first kappa shape index (κ1) is 16.4. The van der Waals surface area contributed by atoms with Crippen molar-refractivity contribution in [1.29, 1.82) is 0 Å². The summed E-state index contributed by atoms with van der Waals surface area (Å²) in [6.07, 6.45) is 0.958. The summed E-state index contributed by atoms with van der Waals surface area (Å²) in [6, 6.07) is 3.15. The highest BCUT2D eigenvalue weighted by Gasteiger charge is 2.07. The second-order valence-corrected chi connectivity index (χ2v) is 5.85. The van der Waals surface area contributed by atoms with E-state index in [2.05, 4.69) is 24.5 Å².